The molecule has 1 heterocycles. The van der Waals surface area contributed by atoms with Gasteiger partial charge in [-0.05, 0) is 29.5 Å². The van der Waals surface area contributed by atoms with Crippen LogP contribution in [-0.4, -0.2) is 19.8 Å². The molecule has 17 heavy (non-hydrogen) atoms. The predicted molar refractivity (Wildman–Crippen MR) is 60.9 cm³/mol. The molecule has 0 fully saturated rings. The molecule has 2 aromatic rings. The Balaban J connectivity index is 2.30. The summed E-state index contributed by atoms with van der Waals surface area (Å²) in [5.74, 6) is -0.190. The topological polar surface area (TPSA) is 81.2 Å². The molecule has 0 aliphatic rings. The van der Waals surface area contributed by atoms with E-state index in [0.29, 0.717) is 5.69 Å². The molecule has 2 rings (SSSR count). The zero-order chi connectivity index (χ0) is 12.4. The average molecular weight is 233 g/mol. The standard InChI is InChI=1S/C11H11N3O3/c1-8(15)9-2-4-10(5-3-9)13-7-6-11(12-13)14(16)17/h2-8,15H,1H3. The summed E-state index contributed by atoms with van der Waals surface area (Å²) in [6, 6.07) is 8.35. The molecule has 0 amide bonds. The van der Waals surface area contributed by atoms with E-state index in [1.807, 2.05) is 0 Å². The maximum atomic E-state index is 10.5. The molecule has 6 heteroatoms. The van der Waals surface area contributed by atoms with Crippen LogP contribution in [0.3, 0.4) is 0 Å². The fourth-order valence-electron chi connectivity index (χ4n) is 1.46. The van der Waals surface area contributed by atoms with E-state index in [-0.39, 0.29) is 5.82 Å². The first-order valence-electron chi connectivity index (χ1n) is 5.06. The van der Waals surface area contributed by atoms with Crippen LogP contribution in [0.4, 0.5) is 5.82 Å². The van der Waals surface area contributed by atoms with Crippen molar-refractivity contribution in [2.75, 3.05) is 0 Å². The smallest absolute Gasteiger partial charge is 0.389 e. The summed E-state index contributed by atoms with van der Waals surface area (Å²) in [5, 5.41) is 23.6. The van der Waals surface area contributed by atoms with Crippen molar-refractivity contribution in [2.24, 2.45) is 0 Å². The molecule has 0 aliphatic heterocycles. The number of nitrogens with zero attached hydrogens (tertiary/aromatic N) is 3. The summed E-state index contributed by atoms with van der Waals surface area (Å²) in [5.41, 5.74) is 1.50. The van der Waals surface area contributed by atoms with Gasteiger partial charge in [-0.1, -0.05) is 12.1 Å². The molecule has 1 N–H and O–H groups in total. The van der Waals surface area contributed by atoms with Gasteiger partial charge in [-0.15, -0.1) is 4.68 Å². The molecule has 0 bridgehead atoms. The lowest BCUT2D eigenvalue weighted by molar-refractivity contribution is -0.389. The number of aliphatic hydroxyl groups excluding tert-OH is 1. The van der Waals surface area contributed by atoms with Crippen LogP contribution in [0.5, 0.6) is 0 Å². The second kappa shape index (κ2) is 4.34. The van der Waals surface area contributed by atoms with Gasteiger partial charge in [0.1, 0.15) is 0 Å². The Bertz CT molecular complexity index is 531. The van der Waals surface area contributed by atoms with E-state index in [9.17, 15) is 15.2 Å². The molecule has 0 spiro atoms. The third-order valence-corrected chi connectivity index (χ3v) is 2.40. The van der Waals surface area contributed by atoms with Gasteiger partial charge in [0.2, 0.25) is 0 Å². The van der Waals surface area contributed by atoms with Crippen molar-refractivity contribution in [1.29, 1.82) is 0 Å². The van der Waals surface area contributed by atoms with Crippen molar-refractivity contribution < 1.29 is 10.0 Å². The van der Waals surface area contributed by atoms with Gasteiger partial charge in [0.25, 0.3) is 0 Å². The highest BCUT2D eigenvalue weighted by Crippen LogP contribution is 2.16. The summed E-state index contributed by atoms with van der Waals surface area (Å²) in [4.78, 5) is 9.94. The van der Waals surface area contributed by atoms with E-state index >= 15 is 0 Å². The number of benzene rings is 1. The quantitative estimate of drug-likeness (QED) is 0.647. The van der Waals surface area contributed by atoms with Crippen LogP contribution in [0, 0.1) is 10.1 Å². The lowest BCUT2D eigenvalue weighted by Crippen LogP contribution is -1.97. The zero-order valence-electron chi connectivity index (χ0n) is 9.15. The predicted octanol–water partition coefficient (Wildman–Crippen LogP) is 1.83. The third kappa shape index (κ3) is 2.31. The van der Waals surface area contributed by atoms with E-state index in [0.717, 1.165) is 5.56 Å². The van der Waals surface area contributed by atoms with Gasteiger partial charge >= 0.3 is 5.82 Å². The highest BCUT2D eigenvalue weighted by molar-refractivity contribution is 5.35. The van der Waals surface area contributed by atoms with Gasteiger partial charge in [-0.3, -0.25) is 0 Å². The van der Waals surface area contributed by atoms with Crippen molar-refractivity contribution in [3.63, 3.8) is 0 Å². The van der Waals surface area contributed by atoms with Crippen molar-refractivity contribution in [3.05, 3.63) is 52.2 Å². The molecule has 6 nitrogen and oxygen atoms in total. The van der Waals surface area contributed by atoms with Crippen molar-refractivity contribution in [1.82, 2.24) is 9.78 Å². The minimum Gasteiger partial charge on any atom is -0.389 e. The molecule has 88 valence electrons. The Morgan fingerprint density at radius 2 is 2.00 bits per heavy atom. The van der Waals surface area contributed by atoms with Crippen molar-refractivity contribution >= 4 is 5.82 Å². The van der Waals surface area contributed by atoms with Crippen molar-refractivity contribution in [3.8, 4) is 5.69 Å². The molecule has 1 atom stereocenters. The monoisotopic (exact) mass is 233 g/mol. The highest BCUT2D eigenvalue weighted by atomic mass is 16.6. The first-order valence-corrected chi connectivity index (χ1v) is 5.06. The van der Waals surface area contributed by atoms with Gasteiger partial charge in [0, 0.05) is 0 Å². The maximum Gasteiger partial charge on any atom is 0.390 e. The minimum absolute atomic E-state index is 0.190. The lowest BCUT2D eigenvalue weighted by Gasteiger charge is -2.04. The molecule has 0 radical (unpaired) electrons. The SMILES string of the molecule is CC(O)c1ccc(-n2ccc([N+](=O)[O-])n2)cc1. The van der Waals surface area contributed by atoms with Crippen LogP contribution >= 0.6 is 0 Å². The van der Waals surface area contributed by atoms with Crippen LogP contribution in [0.2, 0.25) is 0 Å². The normalized spacial score (nSPS) is 12.4. The van der Waals surface area contributed by atoms with Crippen LogP contribution in [0.1, 0.15) is 18.6 Å². The first kappa shape index (κ1) is 11.3. The minimum atomic E-state index is -0.541. The van der Waals surface area contributed by atoms with Gasteiger partial charge in [0.05, 0.1) is 29.2 Å². The number of aliphatic hydroxyl groups is 1. The number of hydrogen-bond acceptors (Lipinski definition) is 4. The van der Waals surface area contributed by atoms with E-state index in [1.54, 1.807) is 31.2 Å². The lowest BCUT2D eigenvalue weighted by atomic mass is 10.1. The summed E-state index contributed by atoms with van der Waals surface area (Å²) >= 11 is 0. The van der Waals surface area contributed by atoms with Crippen LogP contribution in [0.15, 0.2) is 36.5 Å². The highest BCUT2D eigenvalue weighted by Gasteiger charge is 2.12. The van der Waals surface area contributed by atoms with Gasteiger partial charge in [-0.25, -0.2) is 0 Å². The molecule has 0 saturated heterocycles. The number of aromatic nitrogens is 2. The van der Waals surface area contributed by atoms with E-state index in [4.69, 9.17) is 0 Å². The number of hydrogen-bond donors (Lipinski definition) is 1. The fourth-order valence-corrected chi connectivity index (χ4v) is 1.46. The average Bonchev–Trinajstić information content (AvgIpc) is 2.78. The summed E-state index contributed by atoms with van der Waals surface area (Å²) < 4.78 is 1.42. The van der Waals surface area contributed by atoms with Crippen LogP contribution < -0.4 is 0 Å². The third-order valence-electron chi connectivity index (χ3n) is 2.40. The second-order valence-electron chi connectivity index (χ2n) is 3.64. The van der Waals surface area contributed by atoms with Crippen LogP contribution in [0.25, 0.3) is 5.69 Å². The first-order chi connectivity index (χ1) is 8.08. The Hall–Kier alpha value is -2.21. The Labute approximate surface area is 97.3 Å². The molecular weight excluding hydrogens is 222 g/mol. The second-order valence-corrected chi connectivity index (χ2v) is 3.64. The maximum absolute atomic E-state index is 10.5. The van der Waals surface area contributed by atoms with E-state index < -0.39 is 11.0 Å². The molecule has 1 unspecified atom stereocenters. The molecule has 1 aromatic carbocycles. The zero-order valence-corrected chi connectivity index (χ0v) is 9.15. The van der Waals surface area contributed by atoms with E-state index in [1.165, 1.54) is 16.9 Å². The summed E-state index contributed by atoms with van der Waals surface area (Å²) in [7, 11) is 0. The molecule has 0 saturated carbocycles. The largest absolute Gasteiger partial charge is 0.390 e. The Morgan fingerprint density at radius 1 is 1.35 bits per heavy atom. The van der Waals surface area contributed by atoms with Crippen molar-refractivity contribution in [2.45, 2.75) is 13.0 Å². The van der Waals surface area contributed by atoms with Gasteiger partial charge < -0.3 is 15.2 Å². The molecule has 0 aliphatic carbocycles. The van der Waals surface area contributed by atoms with Crippen LogP contribution in [-0.2, 0) is 0 Å². The Kier molecular flexibility index (Phi) is 2.88. The number of rotatable bonds is 3. The summed E-state index contributed by atoms with van der Waals surface area (Å²) in [6.45, 7) is 1.67. The van der Waals surface area contributed by atoms with Gasteiger partial charge in [0.15, 0.2) is 0 Å². The van der Waals surface area contributed by atoms with Gasteiger partial charge in [-0.2, -0.15) is 0 Å². The summed E-state index contributed by atoms with van der Waals surface area (Å²) in [6.07, 6.45) is 0.992. The molecule has 1 aromatic heterocycles. The molecular formula is C11H11N3O3. The number of nitro groups is 1. The fraction of sp³-hybridized carbons (Fsp3) is 0.182. The van der Waals surface area contributed by atoms with E-state index in [2.05, 4.69) is 5.10 Å². The Morgan fingerprint density at radius 3 is 2.47 bits per heavy atom.